The van der Waals surface area contributed by atoms with Gasteiger partial charge < -0.3 is 15.2 Å². The third-order valence-corrected chi connectivity index (χ3v) is 2.80. The molecular weight excluding hydrogens is 226 g/mol. The third kappa shape index (κ3) is 3.29. The second-order valence-electron chi connectivity index (χ2n) is 3.54. The lowest BCUT2D eigenvalue weighted by atomic mass is 10.1. The molecule has 0 aromatic heterocycles. The lowest BCUT2D eigenvalue weighted by Crippen LogP contribution is -2.00. The van der Waals surface area contributed by atoms with Gasteiger partial charge in [-0.05, 0) is 31.9 Å². The molecule has 0 saturated heterocycles. The summed E-state index contributed by atoms with van der Waals surface area (Å²) in [5, 5.41) is 0.688. The van der Waals surface area contributed by atoms with Gasteiger partial charge in [0.2, 0.25) is 0 Å². The van der Waals surface area contributed by atoms with Crippen LogP contribution in [0.1, 0.15) is 18.4 Å². The molecule has 4 heteroatoms. The summed E-state index contributed by atoms with van der Waals surface area (Å²) in [5.74, 6) is 1.49. The molecule has 16 heavy (non-hydrogen) atoms. The molecule has 0 amide bonds. The van der Waals surface area contributed by atoms with Gasteiger partial charge in [-0.3, -0.25) is 0 Å². The molecule has 1 aromatic rings. The molecule has 0 radical (unpaired) electrons. The number of hydrogen-bond donors (Lipinski definition) is 1. The molecule has 1 rings (SSSR count). The Morgan fingerprint density at radius 3 is 2.50 bits per heavy atom. The standard InChI is InChI=1S/C12H18ClNO2/c1-15-9-7-11(13)10(5-3-4-6-14)12(8-9)16-2/h7-8H,3-6,14H2,1-2H3. The van der Waals surface area contributed by atoms with Crippen molar-refractivity contribution in [2.75, 3.05) is 20.8 Å². The highest BCUT2D eigenvalue weighted by atomic mass is 35.5. The summed E-state index contributed by atoms with van der Waals surface area (Å²) in [6.45, 7) is 0.704. The smallest absolute Gasteiger partial charge is 0.127 e. The fourth-order valence-corrected chi connectivity index (χ4v) is 1.87. The van der Waals surface area contributed by atoms with Crippen LogP contribution in [0.15, 0.2) is 12.1 Å². The zero-order valence-electron chi connectivity index (χ0n) is 9.75. The van der Waals surface area contributed by atoms with Crippen LogP contribution in [0.5, 0.6) is 11.5 Å². The van der Waals surface area contributed by atoms with Crippen molar-refractivity contribution in [3.05, 3.63) is 22.7 Å². The van der Waals surface area contributed by atoms with Crippen LogP contribution in [0.2, 0.25) is 5.02 Å². The van der Waals surface area contributed by atoms with Gasteiger partial charge in [0.15, 0.2) is 0 Å². The molecular formula is C12H18ClNO2. The van der Waals surface area contributed by atoms with Crippen LogP contribution in [-0.2, 0) is 6.42 Å². The lowest BCUT2D eigenvalue weighted by molar-refractivity contribution is 0.390. The van der Waals surface area contributed by atoms with Crippen molar-refractivity contribution >= 4 is 11.6 Å². The van der Waals surface area contributed by atoms with Crippen LogP contribution in [-0.4, -0.2) is 20.8 Å². The highest BCUT2D eigenvalue weighted by Crippen LogP contribution is 2.33. The summed E-state index contributed by atoms with van der Waals surface area (Å²) >= 11 is 6.18. The van der Waals surface area contributed by atoms with E-state index < -0.39 is 0 Å². The zero-order chi connectivity index (χ0) is 12.0. The third-order valence-electron chi connectivity index (χ3n) is 2.46. The van der Waals surface area contributed by atoms with Gasteiger partial charge in [0, 0.05) is 11.6 Å². The molecule has 0 fully saturated rings. The average molecular weight is 244 g/mol. The molecule has 2 N–H and O–H groups in total. The van der Waals surface area contributed by atoms with E-state index >= 15 is 0 Å². The van der Waals surface area contributed by atoms with Gasteiger partial charge in [0.25, 0.3) is 0 Å². The summed E-state index contributed by atoms with van der Waals surface area (Å²) < 4.78 is 10.4. The highest BCUT2D eigenvalue weighted by Gasteiger charge is 2.10. The summed E-state index contributed by atoms with van der Waals surface area (Å²) in [5.41, 5.74) is 6.49. The summed E-state index contributed by atoms with van der Waals surface area (Å²) in [4.78, 5) is 0. The number of nitrogens with two attached hydrogens (primary N) is 1. The highest BCUT2D eigenvalue weighted by molar-refractivity contribution is 6.31. The number of benzene rings is 1. The van der Waals surface area contributed by atoms with E-state index in [1.165, 1.54) is 0 Å². The van der Waals surface area contributed by atoms with Crippen molar-refractivity contribution < 1.29 is 9.47 Å². The maximum absolute atomic E-state index is 6.18. The Morgan fingerprint density at radius 2 is 1.94 bits per heavy atom. The monoisotopic (exact) mass is 243 g/mol. The minimum Gasteiger partial charge on any atom is -0.497 e. The van der Waals surface area contributed by atoms with E-state index in [0.29, 0.717) is 17.3 Å². The van der Waals surface area contributed by atoms with Crippen LogP contribution in [0.4, 0.5) is 0 Å². The molecule has 0 unspecified atom stereocenters. The van der Waals surface area contributed by atoms with Crippen LogP contribution in [0, 0.1) is 0 Å². The SMILES string of the molecule is COc1cc(Cl)c(CCCCN)c(OC)c1. The molecule has 0 atom stereocenters. The summed E-state index contributed by atoms with van der Waals surface area (Å²) in [6, 6.07) is 3.66. The molecule has 0 aliphatic carbocycles. The molecule has 0 heterocycles. The van der Waals surface area contributed by atoms with Crippen LogP contribution >= 0.6 is 11.6 Å². The number of methoxy groups -OCH3 is 2. The van der Waals surface area contributed by atoms with Gasteiger partial charge in [-0.1, -0.05) is 11.6 Å². The van der Waals surface area contributed by atoms with Crippen molar-refractivity contribution in [3.63, 3.8) is 0 Å². The van der Waals surface area contributed by atoms with Crippen molar-refractivity contribution in [2.24, 2.45) is 5.73 Å². The molecule has 0 bridgehead atoms. The second kappa shape index (κ2) is 6.61. The first-order valence-corrected chi connectivity index (χ1v) is 5.71. The van der Waals surface area contributed by atoms with E-state index in [4.69, 9.17) is 26.8 Å². The maximum atomic E-state index is 6.18. The minimum atomic E-state index is 0.688. The Balaban J connectivity index is 2.88. The summed E-state index contributed by atoms with van der Waals surface area (Å²) in [7, 11) is 3.25. The topological polar surface area (TPSA) is 44.5 Å². The number of ether oxygens (including phenoxy) is 2. The Morgan fingerprint density at radius 1 is 1.19 bits per heavy atom. The molecule has 0 aliphatic heterocycles. The number of rotatable bonds is 6. The quantitative estimate of drug-likeness (QED) is 0.782. The van der Waals surface area contributed by atoms with Crippen molar-refractivity contribution in [1.82, 2.24) is 0 Å². The largest absolute Gasteiger partial charge is 0.497 e. The van der Waals surface area contributed by atoms with Crippen molar-refractivity contribution in [3.8, 4) is 11.5 Å². The maximum Gasteiger partial charge on any atom is 0.127 e. The first-order chi connectivity index (χ1) is 7.72. The normalized spacial score (nSPS) is 10.2. The van der Waals surface area contributed by atoms with Crippen LogP contribution in [0.25, 0.3) is 0 Å². The lowest BCUT2D eigenvalue weighted by Gasteiger charge is -2.12. The van der Waals surface area contributed by atoms with Gasteiger partial charge in [0.1, 0.15) is 11.5 Å². The number of hydrogen-bond acceptors (Lipinski definition) is 3. The van der Waals surface area contributed by atoms with E-state index in [9.17, 15) is 0 Å². The molecule has 0 aliphatic rings. The molecule has 0 spiro atoms. The first kappa shape index (κ1) is 13.1. The van der Waals surface area contributed by atoms with E-state index in [2.05, 4.69) is 0 Å². The van der Waals surface area contributed by atoms with Gasteiger partial charge in [-0.2, -0.15) is 0 Å². The predicted molar refractivity (Wildman–Crippen MR) is 66.5 cm³/mol. The average Bonchev–Trinajstić information content (AvgIpc) is 2.30. The Kier molecular flexibility index (Phi) is 5.43. The number of unbranched alkanes of at least 4 members (excludes halogenated alkanes) is 1. The van der Waals surface area contributed by atoms with Crippen LogP contribution < -0.4 is 15.2 Å². The zero-order valence-corrected chi connectivity index (χ0v) is 10.5. The fourth-order valence-electron chi connectivity index (χ4n) is 1.58. The van der Waals surface area contributed by atoms with Gasteiger partial charge >= 0.3 is 0 Å². The van der Waals surface area contributed by atoms with Crippen molar-refractivity contribution in [2.45, 2.75) is 19.3 Å². The fraction of sp³-hybridized carbons (Fsp3) is 0.500. The van der Waals surface area contributed by atoms with E-state index in [1.54, 1.807) is 14.2 Å². The Hall–Kier alpha value is -0.930. The molecule has 3 nitrogen and oxygen atoms in total. The second-order valence-corrected chi connectivity index (χ2v) is 3.94. The van der Waals surface area contributed by atoms with E-state index in [0.717, 1.165) is 30.6 Å². The predicted octanol–water partition coefficient (Wildman–Crippen LogP) is 2.64. The van der Waals surface area contributed by atoms with Crippen LogP contribution in [0.3, 0.4) is 0 Å². The number of halogens is 1. The van der Waals surface area contributed by atoms with E-state index in [1.807, 2.05) is 12.1 Å². The van der Waals surface area contributed by atoms with Gasteiger partial charge in [-0.25, -0.2) is 0 Å². The van der Waals surface area contributed by atoms with Crippen molar-refractivity contribution in [1.29, 1.82) is 0 Å². The minimum absolute atomic E-state index is 0.688. The molecule has 1 aromatic carbocycles. The van der Waals surface area contributed by atoms with Gasteiger partial charge in [-0.15, -0.1) is 0 Å². The summed E-state index contributed by atoms with van der Waals surface area (Å²) in [6.07, 6.45) is 2.88. The van der Waals surface area contributed by atoms with Gasteiger partial charge in [0.05, 0.1) is 19.2 Å². The Labute approximate surface area is 101 Å². The molecule has 90 valence electrons. The first-order valence-electron chi connectivity index (χ1n) is 5.33. The Bertz CT molecular complexity index is 342. The van der Waals surface area contributed by atoms with E-state index in [-0.39, 0.29) is 0 Å². The molecule has 0 saturated carbocycles.